The van der Waals surface area contributed by atoms with Crippen LogP contribution < -0.4 is 63.7 Å². The van der Waals surface area contributed by atoms with Gasteiger partial charge < -0.3 is 69.1 Å². The van der Waals surface area contributed by atoms with Crippen molar-refractivity contribution in [3.8, 4) is 0 Å². The second kappa shape index (κ2) is 46.6. The van der Waals surface area contributed by atoms with Crippen LogP contribution in [0.3, 0.4) is 0 Å². The van der Waals surface area contributed by atoms with Gasteiger partial charge in [0.25, 0.3) is 0 Å². The molecular formula is C92H96B4F16P4. The second-order valence-corrected chi connectivity index (χ2v) is 38.7. The lowest BCUT2D eigenvalue weighted by molar-refractivity contribution is 0.366. The summed E-state index contributed by atoms with van der Waals surface area (Å²) in [6.07, 6.45) is 22.1. The van der Waals surface area contributed by atoms with Crippen LogP contribution >= 0.6 is 31.7 Å². The molecule has 0 unspecified atom stereocenters. The molecule has 12 aromatic carbocycles. The van der Waals surface area contributed by atoms with Gasteiger partial charge in [-0.25, -0.2) is 0 Å². The van der Waals surface area contributed by atoms with E-state index in [1.54, 1.807) is 22.3 Å². The minimum Gasteiger partial charge on any atom is -0.418 e. The number of benzene rings is 12. The van der Waals surface area contributed by atoms with Crippen molar-refractivity contribution in [2.24, 2.45) is 0 Å². The van der Waals surface area contributed by atoms with Crippen molar-refractivity contribution < 1.29 is 69.1 Å². The van der Waals surface area contributed by atoms with Gasteiger partial charge in [0, 0.05) is 0 Å². The number of hydrogen-bond acceptors (Lipinski definition) is 0. The number of rotatable bonds is 16. The van der Waals surface area contributed by atoms with Crippen LogP contribution in [0.4, 0.5) is 69.1 Å². The Balaban J connectivity index is 0.000000163. The summed E-state index contributed by atoms with van der Waals surface area (Å²) in [4.78, 5) is 0. The third-order valence-electron chi connectivity index (χ3n) is 20.6. The van der Waals surface area contributed by atoms with Gasteiger partial charge in [0.15, 0.2) is 0 Å². The average Bonchev–Trinajstić information content (AvgIpc) is 1.14. The predicted octanol–water partition coefficient (Wildman–Crippen LogP) is 24.5. The molecule has 0 spiro atoms. The zero-order valence-corrected chi connectivity index (χ0v) is 68.3. The first kappa shape index (κ1) is 91.4. The molecule has 608 valence electrons. The molecule has 0 nitrogen and oxygen atoms in total. The van der Waals surface area contributed by atoms with Gasteiger partial charge in [-0.05, 0) is 243 Å². The molecule has 4 saturated carbocycles. The van der Waals surface area contributed by atoms with Crippen LogP contribution in [0.15, 0.2) is 340 Å². The lowest BCUT2D eigenvalue weighted by atomic mass is 9.98. The van der Waals surface area contributed by atoms with E-state index in [2.05, 4.69) is 340 Å². The Kier molecular flexibility index (Phi) is 36.7. The van der Waals surface area contributed by atoms with Crippen LogP contribution in [0.2, 0.25) is 0 Å². The Morgan fingerprint density at radius 2 is 0.241 bits per heavy atom. The van der Waals surface area contributed by atoms with Crippen molar-refractivity contribution in [2.45, 2.75) is 126 Å². The number of hydrogen-bond donors (Lipinski definition) is 0. The van der Waals surface area contributed by atoms with E-state index in [1.165, 1.54) is 166 Å². The summed E-state index contributed by atoms with van der Waals surface area (Å²) >= 11 is 0. The normalized spacial score (nSPS) is 14.5. The predicted molar refractivity (Wildman–Crippen MR) is 472 cm³/mol. The van der Waals surface area contributed by atoms with Gasteiger partial charge in [-0.1, -0.05) is 245 Å². The van der Waals surface area contributed by atoms with Gasteiger partial charge in [0.05, 0.1) is 31.7 Å². The van der Waals surface area contributed by atoms with Crippen molar-refractivity contribution in [2.75, 3.05) is 0 Å². The van der Waals surface area contributed by atoms with Crippen LogP contribution in [0.5, 0.6) is 0 Å². The van der Waals surface area contributed by atoms with Gasteiger partial charge in [-0.3, -0.25) is 0 Å². The molecule has 0 aliphatic heterocycles. The first-order valence-electron chi connectivity index (χ1n) is 39.5. The minimum absolute atomic E-state index is 0.795. The molecule has 0 atom stereocenters. The Hall–Kier alpha value is -8.50. The second-order valence-electron chi connectivity index (χ2n) is 28.8. The molecule has 16 rings (SSSR count). The standard InChI is InChI=1S/4C23H23P.4BF4/c4*1-3-11-21(12-4-1)24(22-13-5-2-6-14-22)23-17-15-20(16-18-23)19-9-7-8-10-19;4*2-1(3,4)5/h4*1-6,11-19H,7-10H2;;;;/q;;;;4*-1/p+4. The summed E-state index contributed by atoms with van der Waals surface area (Å²) in [7, 11) is -27.7. The highest BCUT2D eigenvalue weighted by atomic mass is 31.1. The van der Waals surface area contributed by atoms with E-state index in [0.29, 0.717) is 0 Å². The van der Waals surface area contributed by atoms with Crippen LogP contribution in [-0.2, 0) is 0 Å². The molecule has 0 radical (unpaired) electrons. The molecule has 12 aromatic rings. The smallest absolute Gasteiger partial charge is 0.418 e. The molecule has 0 N–H and O–H groups in total. The zero-order chi connectivity index (χ0) is 82.8. The maximum Gasteiger partial charge on any atom is 0.673 e. The van der Waals surface area contributed by atoms with E-state index in [0.717, 1.165) is 23.7 Å². The lowest BCUT2D eigenvalue weighted by Gasteiger charge is -2.13. The van der Waals surface area contributed by atoms with Crippen LogP contribution in [0.1, 0.15) is 149 Å². The quantitative estimate of drug-likeness (QED) is 0.0514. The van der Waals surface area contributed by atoms with E-state index in [9.17, 15) is 69.1 Å². The third kappa shape index (κ3) is 32.8. The summed E-state index contributed by atoms with van der Waals surface area (Å²) in [5, 5.41) is 17.6. The van der Waals surface area contributed by atoms with Gasteiger partial charge in [-0.15, -0.1) is 0 Å². The summed E-state index contributed by atoms with van der Waals surface area (Å²) < 4.78 is 156. The fourth-order valence-corrected chi connectivity index (χ4v) is 25.8. The minimum atomic E-state index is -6.00. The monoisotopic (exact) mass is 1670 g/mol. The van der Waals surface area contributed by atoms with Gasteiger partial charge in [-0.2, -0.15) is 0 Å². The van der Waals surface area contributed by atoms with Gasteiger partial charge in [0.2, 0.25) is 0 Å². The fourth-order valence-electron chi connectivity index (χ4n) is 15.6. The zero-order valence-electron chi connectivity index (χ0n) is 64.3. The maximum atomic E-state index is 9.75. The van der Waals surface area contributed by atoms with Crippen LogP contribution in [-0.4, -0.2) is 29.0 Å². The molecule has 4 fully saturated rings. The Morgan fingerprint density at radius 3 is 0.345 bits per heavy atom. The largest absolute Gasteiger partial charge is 0.673 e. The highest BCUT2D eigenvalue weighted by molar-refractivity contribution is 7.81. The molecule has 116 heavy (non-hydrogen) atoms. The van der Waals surface area contributed by atoms with E-state index in [1.807, 2.05) is 0 Å². The van der Waals surface area contributed by atoms with Crippen LogP contribution in [0, 0.1) is 0 Å². The van der Waals surface area contributed by atoms with Gasteiger partial charge in [0.1, 0.15) is 63.7 Å². The van der Waals surface area contributed by atoms with Crippen molar-refractivity contribution >= 4 is 124 Å². The molecule has 4 aliphatic rings. The Labute approximate surface area is 677 Å². The van der Waals surface area contributed by atoms with E-state index in [4.69, 9.17) is 0 Å². The van der Waals surface area contributed by atoms with Crippen molar-refractivity contribution in [3.63, 3.8) is 0 Å². The lowest BCUT2D eigenvalue weighted by Crippen LogP contribution is -2.20. The first-order valence-corrected chi connectivity index (χ1v) is 45.5. The fraction of sp³-hybridized carbons (Fsp3) is 0.217. The van der Waals surface area contributed by atoms with Crippen LogP contribution in [0.25, 0.3) is 0 Å². The van der Waals surface area contributed by atoms with Crippen molar-refractivity contribution in [3.05, 3.63) is 362 Å². The molecule has 0 heterocycles. The summed E-state index contributed by atoms with van der Waals surface area (Å²) in [6, 6.07) is 126. The highest BCUT2D eigenvalue weighted by Gasteiger charge is 2.32. The molecule has 0 saturated heterocycles. The summed E-state index contributed by atoms with van der Waals surface area (Å²) in [6.45, 7) is 0. The van der Waals surface area contributed by atoms with E-state index >= 15 is 0 Å². The molecule has 0 aromatic heterocycles. The molecule has 0 amide bonds. The van der Waals surface area contributed by atoms with Crippen molar-refractivity contribution in [1.82, 2.24) is 0 Å². The molecular weight excluding hydrogens is 1580 g/mol. The topological polar surface area (TPSA) is 0 Å². The number of halogens is 16. The van der Waals surface area contributed by atoms with Gasteiger partial charge >= 0.3 is 29.0 Å². The summed E-state index contributed by atoms with van der Waals surface area (Å²) in [5.74, 6) is 3.18. The molecule has 4 aliphatic carbocycles. The molecule has 24 heteroatoms. The van der Waals surface area contributed by atoms with E-state index < -0.39 is 60.7 Å². The van der Waals surface area contributed by atoms with Crippen molar-refractivity contribution in [1.29, 1.82) is 0 Å². The van der Waals surface area contributed by atoms with E-state index in [-0.39, 0.29) is 0 Å². The highest BCUT2D eigenvalue weighted by Crippen LogP contribution is 2.42. The third-order valence-corrected chi connectivity index (χ3v) is 31.5. The summed E-state index contributed by atoms with van der Waals surface area (Å²) in [5.41, 5.74) is 6.16. The Morgan fingerprint density at radius 1 is 0.147 bits per heavy atom. The molecule has 0 bridgehead atoms. The maximum absolute atomic E-state index is 9.75. The first-order chi connectivity index (χ1) is 55.7. The Bertz CT molecular complexity index is 3860. The average molecular weight is 1670 g/mol. The SMILES string of the molecule is F[B-](F)(F)F.F[B-](F)(F)F.F[B-](F)(F)F.F[B-](F)(F)F.c1ccc([PH+](c2ccccc2)c2ccc(C3CCCC3)cc2)cc1.c1ccc([PH+](c2ccccc2)c2ccc(C3CCCC3)cc2)cc1.c1ccc([PH+](c2ccccc2)c2ccc(C3CCCC3)cc2)cc1.c1ccc([PH+](c2ccccc2)c2ccc(C3CCCC3)cc2)cc1.